The summed E-state index contributed by atoms with van der Waals surface area (Å²) in [5, 5.41) is 2.78. The van der Waals surface area contributed by atoms with Crippen LogP contribution >= 0.6 is 0 Å². The summed E-state index contributed by atoms with van der Waals surface area (Å²) in [5.41, 5.74) is 0.819. The predicted octanol–water partition coefficient (Wildman–Crippen LogP) is 2.81. The van der Waals surface area contributed by atoms with Gasteiger partial charge in [-0.2, -0.15) is 0 Å². The zero-order valence-electron chi connectivity index (χ0n) is 17.5. The number of carbonyl (C=O) groups is 2. The second-order valence-corrected chi connectivity index (χ2v) is 10.3. The molecule has 4 rings (SSSR count). The number of nitrogens with zero attached hydrogens (tertiary/aromatic N) is 3. The Balaban J connectivity index is 1.64. The SMILES string of the molecule is CS(=O)(=O)c1cccc2c1CN([C@H](CC1CCCCC1)C(=O)Nc1cnccn1)C2=O. The van der Waals surface area contributed by atoms with Crippen molar-refractivity contribution in [3.63, 3.8) is 0 Å². The summed E-state index contributed by atoms with van der Waals surface area (Å²) in [7, 11) is -3.49. The van der Waals surface area contributed by atoms with Crippen molar-refractivity contribution in [2.45, 2.75) is 56.0 Å². The van der Waals surface area contributed by atoms with Crippen molar-refractivity contribution in [1.29, 1.82) is 0 Å². The molecule has 8 nitrogen and oxygen atoms in total. The normalized spacial score (nSPS) is 18.0. The Labute approximate surface area is 182 Å². The zero-order valence-corrected chi connectivity index (χ0v) is 18.3. The van der Waals surface area contributed by atoms with E-state index >= 15 is 0 Å². The van der Waals surface area contributed by atoms with Gasteiger partial charge in [0.2, 0.25) is 5.91 Å². The number of anilines is 1. The number of aromatic nitrogens is 2. The second kappa shape index (κ2) is 8.74. The maximum atomic E-state index is 13.3. The molecule has 1 N–H and O–H groups in total. The molecule has 2 heterocycles. The molecule has 0 bridgehead atoms. The zero-order chi connectivity index (χ0) is 22.0. The summed E-state index contributed by atoms with van der Waals surface area (Å²) >= 11 is 0. The van der Waals surface area contributed by atoms with Crippen molar-refractivity contribution < 1.29 is 18.0 Å². The molecule has 0 radical (unpaired) electrons. The van der Waals surface area contributed by atoms with Crippen molar-refractivity contribution >= 4 is 27.5 Å². The van der Waals surface area contributed by atoms with Crippen LogP contribution in [0.5, 0.6) is 0 Å². The van der Waals surface area contributed by atoms with E-state index in [1.807, 2.05) is 0 Å². The highest BCUT2D eigenvalue weighted by Gasteiger charge is 2.39. The van der Waals surface area contributed by atoms with Crippen LogP contribution in [0.25, 0.3) is 0 Å². The summed E-state index contributed by atoms with van der Waals surface area (Å²) in [6.07, 6.45) is 11.6. The van der Waals surface area contributed by atoms with E-state index in [1.54, 1.807) is 12.1 Å². The fourth-order valence-electron chi connectivity index (χ4n) is 4.61. The molecule has 0 saturated heterocycles. The van der Waals surface area contributed by atoms with E-state index in [2.05, 4.69) is 15.3 Å². The Morgan fingerprint density at radius 2 is 2.00 bits per heavy atom. The molecule has 1 saturated carbocycles. The van der Waals surface area contributed by atoms with Gasteiger partial charge in [0, 0.05) is 36.3 Å². The van der Waals surface area contributed by atoms with Crippen molar-refractivity contribution in [1.82, 2.24) is 14.9 Å². The number of hydrogen-bond donors (Lipinski definition) is 1. The molecule has 2 aliphatic rings. The van der Waals surface area contributed by atoms with Crippen molar-refractivity contribution in [2.75, 3.05) is 11.6 Å². The molecule has 1 aliphatic carbocycles. The van der Waals surface area contributed by atoms with Crippen LogP contribution in [-0.4, -0.2) is 47.4 Å². The molecule has 9 heteroatoms. The average Bonchev–Trinajstić information content (AvgIpc) is 3.09. The van der Waals surface area contributed by atoms with E-state index in [1.165, 1.54) is 36.0 Å². The number of amides is 2. The van der Waals surface area contributed by atoms with Gasteiger partial charge in [-0.25, -0.2) is 13.4 Å². The quantitative estimate of drug-likeness (QED) is 0.737. The van der Waals surface area contributed by atoms with Gasteiger partial charge in [0.1, 0.15) is 6.04 Å². The molecule has 0 unspecified atom stereocenters. The highest BCUT2D eigenvalue weighted by atomic mass is 32.2. The summed E-state index contributed by atoms with van der Waals surface area (Å²) < 4.78 is 24.5. The molecule has 1 aliphatic heterocycles. The molecule has 2 aromatic rings. The monoisotopic (exact) mass is 442 g/mol. The van der Waals surface area contributed by atoms with E-state index in [0.29, 0.717) is 29.3 Å². The largest absolute Gasteiger partial charge is 0.322 e. The van der Waals surface area contributed by atoms with Crippen LogP contribution in [0.15, 0.2) is 41.7 Å². The molecular formula is C22H26N4O4S. The first kappa shape index (κ1) is 21.4. The molecule has 31 heavy (non-hydrogen) atoms. The fraction of sp³-hybridized carbons (Fsp3) is 0.455. The number of fused-ring (bicyclic) bond motifs is 1. The van der Waals surface area contributed by atoms with Gasteiger partial charge in [-0.1, -0.05) is 38.2 Å². The van der Waals surface area contributed by atoms with Crippen LogP contribution in [0, 0.1) is 5.92 Å². The van der Waals surface area contributed by atoms with Gasteiger partial charge >= 0.3 is 0 Å². The number of rotatable bonds is 6. The Bertz CT molecular complexity index is 1080. The second-order valence-electron chi connectivity index (χ2n) is 8.32. The van der Waals surface area contributed by atoms with Crippen molar-refractivity contribution in [3.8, 4) is 0 Å². The first-order valence-electron chi connectivity index (χ1n) is 10.5. The molecule has 1 atom stereocenters. The standard InChI is InChI=1S/C22H26N4O4S/c1-31(29,30)19-9-5-8-16-17(19)14-26(22(16)28)18(12-15-6-3-2-4-7-15)21(27)25-20-13-23-10-11-24-20/h5,8-11,13,15,18H,2-4,6-7,12,14H2,1H3,(H,24,25,27)/t18-/m1/s1. The van der Waals surface area contributed by atoms with Gasteiger partial charge in [-0.3, -0.25) is 14.6 Å². The minimum Gasteiger partial charge on any atom is -0.322 e. The van der Waals surface area contributed by atoms with Gasteiger partial charge in [0.25, 0.3) is 5.91 Å². The first-order chi connectivity index (χ1) is 14.8. The van der Waals surface area contributed by atoms with Gasteiger partial charge in [0.15, 0.2) is 15.7 Å². The van der Waals surface area contributed by atoms with Crippen molar-refractivity contribution in [2.24, 2.45) is 5.92 Å². The number of sulfone groups is 1. The summed E-state index contributed by atoms with van der Waals surface area (Å²) in [6.45, 7) is 0.0999. The van der Waals surface area contributed by atoms with Crippen LogP contribution in [0.2, 0.25) is 0 Å². The van der Waals surface area contributed by atoms with E-state index in [-0.39, 0.29) is 23.3 Å². The van der Waals surface area contributed by atoms with Crippen LogP contribution in [0.4, 0.5) is 5.82 Å². The lowest BCUT2D eigenvalue weighted by molar-refractivity contribution is -0.121. The average molecular weight is 443 g/mol. The van der Waals surface area contributed by atoms with Crippen LogP contribution in [-0.2, 0) is 21.2 Å². The molecular weight excluding hydrogens is 416 g/mol. The van der Waals surface area contributed by atoms with E-state index < -0.39 is 15.9 Å². The molecule has 1 aromatic carbocycles. The smallest absolute Gasteiger partial charge is 0.255 e. The minimum absolute atomic E-state index is 0.0999. The third-order valence-electron chi connectivity index (χ3n) is 6.13. The van der Waals surface area contributed by atoms with E-state index in [4.69, 9.17) is 0 Å². The summed E-state index contributed by atoms with van der Waals surface area (Å²) in [6, 6.07) is 4.01. The van der Waals surface area contributed by atoms with Crippen LogP contribution in [0.3, 0.4) is 0 Å². The van der Waals surface area contributed by atoms with Gasteiger partial charge in [-0.05, 0) is 24.5 Å². The number of hydrogen-bond acceptors (Lipinski definition) is 6. The number of carbonyl (C=O) groups excluding carboxylic acids is 2. The first-order valence-corrected chi connectivity index (χ1v) is 12.4. The molecule has 0 spiro atoms. The topological polar surface area (TPSA) is 109 Å². The molecule has 2 amide bonds. The van der Waals surface area contributed by atoms with Gasteiger partial charge in [-0.15, -0.1) is 0 Å². The third-order valence-corrected chi connectivity index (χ3v) is 7.31. The van der Waals surface area contributed by atoms with E-state index in [0.717, 1.165) is 31.9 Å². The predicted molar refractivity (Wildman–Crippen MR) is 115 cm³/mol. The molecule has 164 valence electrons. The maximum absolute atomic E-state index is 13.3. The summed E-state index contributed by atoms with van der Waals surface area (Å²) in [5.74, 6) is 0.0307. The molecule has 1 fully saturated rings. The minimum atomic E-state index is -3.49. The lowest BCUT2D eigenvalue weighted by Crippen LogP contribution is -2.45. The van der Waals surface area contributed by atoms with Gasteiger partial charge in [0.05, 0.1) is 11.1 Å². The van der Waals surface area contributed by atoms with Crippen LogP contribution in [0.1, 0.15) is 54.4 Å². The van der Waals surface area contributed by atoms with Gasteiger partial charge < -0.3 is 10.2 Å². The molecule has 1 aromatic heterocycles. The highest BCUT2D eigenvalue weighted by Crippen LogP contribution is 2.34. The third kappa shape index (κ3) is 4.61. The lowest BCUT2D eigenvalue weighted by Gasteiger charge is -2.31. The number of benzene rings is 1. The van der Waals surface area contributed by atoms with Crippen LogP contribution < -0.4 is 5.32 Å². The highest BCUT2D eigenvalue weighted by molar-refractivity contribution is 7.90. The van der Waals surface area contributed by atoms with Crippen molar-refractivity contribution in [3.05, 3.63) is 47.9 Å². The Morgan fingerprint density at radius 3 is 2.68 bits per heavy atom. The van der Waals surface area contributed by atoms with E-state index in [9.17, 15) is 18.0 Å². The lowest BCUT2D eigenvalue weighted by atomic mass is 9.84. The Morgan fingerprint density at radius 1 is 1.23 bits per heavy atom. The maximum Gasteiger partial charge on any atom is 0.255 e. The Hall–Kier alpha value is -2.81. The summed E-state index contributed by atoms with van der Waals surface area (Å²) in [4.78, 5) is 36.2. The number of nitrogens with one attached hydrogen (secondary N) is 1. The Kier molecular flexibility index (Phi) is 6.04. The fourth-order valence-corrected chi connectivity index (χ4v) is 5.56.